The fraction of sp³-hybridized carbons (Fsp3) is 0.446. The molecule has 16 rings (SSSR count). The lowest BCUT2D eigenvalue weighted by Gasteiger charge is -2.42. The SMILES string of the molecule is CCOC(=O)C1=C(CN2CCOC[C@H]2CC(C)C(=O)O)NC(c2nccs2)=N[C@H]1c1ccc(Cl)cc1Cl.CCOC(=O)C1=C(CN2CCO[C@H](C)[C@H]2CC(C)C(=O)O)NC(c2nccs2)=N[C@H]1c1ccc(Cl)cc1Cl.CCOC(=O)C1=C(CN2CCO[C@H](C)[C@H]2CCC(=O)O)NC(c2nccs2)=N[C@H]1c1ccc(Cl)cc1Cl.CCOC(=O)C1=C(CN2CCO[C@H](CC(C)C(=O)O)C2)NC(c2nccs2)=N[C@H]1c1ccc(Cl)cc1Cl. The van der Waals surface area contributed by atoms with E-state index in [1.807, 2.05) is 35.4 Å². The Morgan fingerprint density at radius 3 is 1.05 bits per heavy atom. The molecule has 798 valence electrons. The average molecular weight is 2280 g/mol. The third kappa shape index (κ3) is 30.8. The van der Waals surface area contributed by atoms with Gasteiger partial charge in [-0.25, -0.2) is 39.1 Å². The summed E-state index contributed by atoms with van der Waals surface area (Å²) in [6.07, 6.45) is 7.80. The Balaban J connectivity index is 0.000000166. The van der Waals surface area contributed by atoms with Gasteiger partial charge in [-0.05, 0) is 116 Å². The fourth-order valence-corrected chi connectivity index (χ4v) is 22.4. The predicted octanol–water partition coefficient (Wildman–Crippen LogP) is 17.2. The van der Waals surface area contributed by atoms with Crippen LogP contribution in [0.2, 0.25) is 40.2 Å². The van der Waals surface area contributed by atoms with Crippen LogP contribution in [0, 0.1) is 17.8 Å². The Morgan fingerprint density at radius 1 is 0.409 bits per heavy atom. The molecule has 13 atom stereocenters. The molecule has 48 heteroatoms. The van der Waals surface area contributed by atoms with Crippen LogP contribution in [-0.2, 0) is 76.3 Å². The van der Waals surface area contributed by atoms with Crippen molar-refractivity contribution in [3.05, 3.63) is 247 Å². The second-order valence-corrected chi connectivity index (χ2v) is 42.4. The number of benzene rings is 4. The molecule has 0 aliphatic carbocycles. The van der Waals surface area contributed by atoms with Gasteiger partial charge >= 0.3 is 47.8 Å². The molecule has 12 heterocycles. The highest BCUT2D eigenvalue weighted by Crippen LogP contribution is 2.45. The van der Waals surface area contributed by atoms with Gasteiger partial charge in [-0.15, -0.1) is 45.3 Å². The van der Waals surface area contributed by atoms with Gasteiger partial charge in [0.2, 0.25) is 0 Å². The van der Waals surface area contributed by atoms with Crippen molar-refractivity contribution in [2.24, 2.45) is 37.7 Å². The maximum atomic E-state index is 13.4. The van der Waals surface area contributed by atoms with E-state index in [1.54, 1.807) is 146 Å². The van der Waals surface area contributed by atoms with Crippen LogP contribution < -0.4 is 21.3 Å². The zero-order chi connectivity index (χ0) is 107. The second kappa shape index (κ2) is 55.5. The molecule has 0 radical (unpaired) electrons. The topological polar surface area (TPSA) is 453 Å². The number of thiazole rings is 4. The summed E-state index contributed by atoms with van der Waals surface area (Å²) in [6, 6.07) is 16.9. The zero-order valence-corrected chi connectivity index (χ0v) is 92.0. The third-order valence-electron chi connectivity index (χ3n) is 25.4. The number of amidine groups is 4. The zero-order valence-electron chi connectivity index (χ0n) is 82.7. The fourth-order valence-electron chi connectivity index (χ4n) is 18.0. The monoisotopic (exact) mass is 2280 g/mol. The number of halogens is 8. The molecule has 8 aliphatic rings. The van der Waals surface area contributed by atoms with Crippen molar-refractivity contribution in [2.45, 2.75) is 155 Å². The van der Waals surface area contributed by atoms with E-state index in [0.717, 1.165) is 0 Å². The first-order valence-corrected chi connectivity index (χ1v) is 54.7. The summed E-state index contributed by atoms with van der Waals surface area (Å²) in [5, 5.41) is 64.4. The van der Waals surface area contributed by atoms with Gasteiger partial charge in [-0.2, -0.15) is 0 Å². The Morgan fingerprint density at radius 2 is 0.725 bits per heavy atom. The predicted molar refractivity (Wildman–Crippen MR) is 574 cm³/mol. The third-order valence-corrected chi connectivity index (χ3v) is 30.8. The second-order valence-electron chi connectivity index (χ2n) is 35.5. The molecule has 8 N–H and O–H groups in total. The first kappa shape index (κ1) is 116. The Hall–Kier alpha value is -10.0. The highest BCUT2D eigenvalue weighted by molar-refractivity contribution is 7.12. The number of carboxylic acid groups (broad SMARTS) is 4. The van der Waals surface area contributed by atoms with Crippen LogP contribution in [0.3, 0.4) is 0 Å². The van der Waals surface area contributed by atoms with E-state index in [9.17, 15) is 58.8 Å². The molecule has 4 aromatic carbocycles. The largest absolute Gasteiger partial charge is 0.481 e. The van der Waals surface area contributed by atoms with Gasteiger partial charge in [0.25, 0.3) is 0 Å². The molecule has 0 spiro atoms. The van der Waals surface area contributed by atoms with Crippen molar-refractivity contribution >= 4 is 209 Å². The highest BCUT2D eigenvalue weighted by atomic mass is 35.5. The molecule has 0 amide bonds. The van der Waals surface area contributed by atoms with Gasteiger partial charge in [0.1, 0.15) is 24.2 Å². The van der Waals surface area contributed by atoms with E-state index >= 15 is 0 Å². The van der Waals surface area contributed by atoms with E-state index in [4.69, 9.17) is 151 Å². The van der Waals surface area contributed by atoms with Crippen LogP contribution >= 0.6 is 138 Å². The summed E-state index contributed by atoms with van der Waals surface area (Å²) in [4.78, 5) is 145. The lowest BCUT2D eigenvalue weighted by Crippen LogP contribution is -2.53. The molecule has 0 saturated carbocycles. The van der Waals surface area contributed by atoms with Crippen LogP contribution in [0.15, 0.2) is 184 Å². The number of esters is 4. The first-order chi connectivity index (χ1) is 71.5. The molecular weight excluding hydrogens is 2170 g/mol. The van der Waals surface area contributed by atoms with Crippen LogP contribution in [0.5, 0.6) is 0 Å². The average Bonchev–Trinajstić information content (AvgIpc) is 1.47. The van der Waals surface area contributed by atoms with E-state index < -0.39 is 89.7 Å². The molecule has 8 aliphatic heterocycles. The number of ether oxygens (including phenoxy) is 8. The summed E-state index contributed by atoms with van der Waals surface area (Å²) in [7, 11) is 0. The van der Waals surface area contributed by atoms with Crippen LogP contribution in [0.4, 0.5) is 0 Å². The number of nitrogens with zero attached hydrogens (tertiary/aromatic N) is 12. The molecule has 36 nitrogen and oxygen atoms in total. The summed E-state index contributed by atoms with van der Waals surface area (Å²) >= 11 is 56.6. The maximum absolute atomic E-state index is 13.4. The summed E-state index contributed by atoms with van der Waals surface area (Å²) in [5.41, 5.74) is 6.24. The molecular formula is C101H114Cl8N16O20S4. The minimum absolute atomic E-state index is 0.0148. The van der Waals surface area contributed by atoms with E-state index in [2.05, 4.69) is 60.8 Å². The molecule has 149 heavy (non-hydrogen) atoms. The molecule has 3 unspecified atom stereocenters. The van der Waals surface area contributed by atoms with Crippen molar-refractivity contribution < 1.29 is 96.7 Å². The Kier molecular flexibility index (Phi) is 43.3. The van der Waals surface area contributed by atoms with Gasteiger partial charge < -0.3 is 79.6 Å². The highest BCUT2D eigenvalue weighted by Gasteiger charge is 2.44. The van der Waals surface area contributed by atoms with E-state index in [0.29, 0.717) is 269 Å². The number of aliphatic carboxylic acids is 4. The lowest BCUT2D eigenvalue weighted by molar-refractivity contribution is -0.144. The van der Waals surface area contributed by atoms with Gasteiger partial charge in [-0.1, -0.05) is 138 Å². The summed E-state index contributed by atoms with van der Waals surface area (Å²) < 4.78 is 45.0. The number of morpholine rings is 4. The minimum Gasteiger partial charge on any atom is -0.481 e. The number of carbonyl (C=O) groups excluding carboxylic acids is 4. The van der Waals surface area contributed by atoms with Gasteiger partial charge in [-0.3, -0.25) is 58.7 Å². The summed E-state index contributed by atoms with van der Waals surface area (Å²) in [6.45, 7) is 23.2. The molecule has 4 fully saturated rings. The van der Waals surface area contributed by atoms with Gasteiger partial charge in [0, 0.05) is 215 Å². The normalized spacial score (nSPS) is 22.0. The maximum Gasteiger partial charge on any atom is 0.338 e. The van der Waals surface area contributed by atoms with Gasteiger partial charge in [0.05, 0.1) is 118 Å². The number of hydrogen-bond acceptors (Lipinski definition) is 36. The molecule has 0 bridgehead atoms. The molecule has 4 aromatic heterocycles. The van der Waals surface area contributed by atoms with E-state index in [-0.39, 0.29) is 69.3 Å². The summed E-state index contributed by atoms with van der Waals surface area (Å²) in [5.74, 6) is -5.02. The number of rotatable bonds is 36. The number of hydrogen-bond donors (Lipinski definition) is 8. The number of nitrogens with one attached hydrogen (secondary N) is 4. The smallest absolute Gasteiger partial charge is 0.338 e. The molecule has 8 aromatic rings. The number of aliphatic imine (C=N–C) groups is 4. The quantitative estimate of drug-likeness (QED) is 0.0134. The van der Waals surface area contributed by atoms with Gasteiger partial charge in [0.15, 0.2) is 43.4 Å². The van der Waals surface area contributed by atoms with Crippen molar-refractivity contribution in [1.82, 2.24) is 60.8 Å². The number of carboxylic acids is 4. The van der Waals surface area contributed by atoms with Crippen LogP contribution in [0.1, 0.15) is 161 Å². The van der Waals surface area contributed by atoms with Crippen LogP contribution in [0.25, 0.3) is 0 Å². The van der Waals surface area contributed by atoms with Crippen LogP contribution in [-0.4, -0.2) is 286 Å². The van der Waals surface area contributed by atoms with E-state index in [1.165, 1.54) is 45.3 Å². The number of aromatic nitrogens is 4. The standard InChI is InChI=1S/C26H30Cl2N4O5S.3C25H28Cl2N4O5S/c1-4-36-26(35)21-19(13-32-8-9-37-15(3)20(32)11-14(2)25(33)34)30-23(24-29-7-10-38-24)31-22(21)17-6-5-16(27)12-18(17)28;1-3-36-25(34)20-19(12-31-7-8-35-13-16(31)10-14(2)24(32)33)29-22(23-28-6-9-37-23)30-21(20)17-5-4-15(26)11-18(17)27;1-3-35-25(34)20-19(13-31-7-8-36-16(12-31)10-14(2)24(32)33)29-22(23-28-6-9-37-23)30-21(20)17-5-4-15(26)11-18(17)27;1-3-35-25(34)21-18(13-31-9-10-36-14(2)19(31)6-7-20(32)33)29-23(24-28-8-11-37-24)30-22(21)16-5-4-15(26)12-17(16)27/h5-7,10,12,14-15,20,22H,4,8-9,11,13H2,1-3H3,(H,30,31)(H,33,34);2*4-6,9,11,14,16,21H,3,7-8,10,12-13H2,1-2H3,(H,29,30)(H,32,33);4-5,8,11-12,14,19,22H,3,6-7,9-10,13H2,1-2H3,(H,29,30)(H,32,33)/t14?,15-,20-,22+;2*14?,16-,21+;14-,19-,22+/m1111/s1. The lowest BCUT2D eigenvalue weighted by atomic mass is 9.93. The Labute approximate surface area is 917 Å². The number of carbonyl (C=O) groups is 8. The van der Waals surface area contributed by atoms with Crippen molar-refractivity contribution in [3.63, 3.8) is 0 Å². The minimum atomic E-state index is -0.865. The van der Waals surface area contributed by atoms with Crippen molar-refractivity contribution in [2.75, 3.05) is 118 Å². The van der Waals surface area contributed by atoms with Crippen molar-refractivity contribution in [3.8, 4) is 0 Å². The van der Waals surface area contributed by atoms with Crippen molar-refractivity contribution in [1.29, 1.82) is 0 Å². The Bertz CT molecular complexity index is 6340. The first-order valence-electron chi connectivity index (χ1n) is 48.2. The molecule has 4 saturated heterocycles.